The van der Waals surface area contributed by atoms with Crippen LogP contribution in [0, 0.1) is 6.92 Å². The van der Waals surface area contributed by atoms with Gasteiger partial charge in [0.05, 0.1) is 0 Å². The number of hydrogen-bond acceptors (Lipinski definition) is 4. The molecule has 0 radical (unpaired) electrons. The Hall–Kier alpha value is -1.91. The molecule has 1 aromatic rings. The Labute approximate surface area is 114 Å². The van der Waals surface area contributed by atoms with Crippen LogP contribution in [0.25, 0.3) is 0 Å². The highest BCUT2D eigenvalue weighted by molar-refractivity contribution is 5.67. The van der Waals surface area contributed by atoms with E-state index in [1.54, 1.807) is 0 Å². The van der Waals surface area contributed by atoms with Crippen LogP contribution in [0.2, 0.25) is 0 Å². The summed E-state index contributed by atoms with van der Waals surface area (Å²) in [6.07, 6.45) is -0.405. The SMILES string of the molecule is Cc1cc(N)cc(NCCNC(=O)OC(C)(C)C)c1. The van der Waals surface area contributed by atoms with Gasteiger partial charge in [-0.05, 0) is 51.5 Å². The standard InChI is InChI=1S/C14H23N3O2/c1-10-7-11(15)9-12(8-10)16-5-6-17-13(18)19-14(2,3)4/h7-9,16H,5-6,15H2,1-4H3,(H,17,18). The second kappa shape index (κ2) is 6.31. The fraction of sp³-hybridized carbons (Fsp3) is 0.500. The Bertz CT molecular complexity index is 419. The molecule has 0 saturated carbocycles. The average Bonchev–Trinajstić information content (AvgIpc) is 2.20. The summed E-state index contributed by atoms with van der Waals surface area (Å²) in [6.45, 7) is 8.59. The molecule has 0 unspecified atom stereocenters. The highest BCUT2D eigenvalue weighted by atomic mass is 16.6. The lowest BCUT2D eigenvalue weighted by molar-refractivity contribution is 0.0530. The number of carbonyl (C=O) groups excluding carboxylic acids is 1. The lowest BCUT2D eigenvalue weighted by Gasteiger charge is -2.19. The number of carbonyl (C=O) groups is 1. The first-order valence-corrected chi connectivity index (χ1v) is 6.34. The van der Waals surface area contributed by atoms with Gasteiger partial charge in [0.2, 0.25) is 0 Å². The molecule has 0 aliphatic heterocycles. The van der Waals surface area contributed by atoms with Crippen molar-refractivity contribution in [2.45, 2.75) is 33.3 Å². The second-order valence-corrected chi connectivity index (χ2v) is 5.49. The van der Waals surface area contributed by atoms with Crippen LogP contribution in [0.3, 0.4) is 0 Å². The number of nitrogen functional groups attached to an aromatic ring is 1. The minimum Gasteiger partial charge on any atom is -0.444 e. The normalized spacial score (nSPS) is 10.9. The number of nitrogens with two attached hydrogens (primary N) is 1. The molecule has 1 aromatic carbocycles. The van der Waals surface area contributed by atoms with Crippen molar-refractivity contribution < 1.29 is 9.53 Å². The molecule has 4 N–H and O–H groups in total. The molecule has 5 nitrogen and oxygen atoms in total. The zero-order valence-corrected chi connectivity index (χ0v) is 12.0. The van der Waals surface area contributed by atoms with Crippen LogP contribution in [0.5, 0.6) is 0 Å². The van der Waals surface area contributed by atoms with Gasteiger partial charge in [-0.25, -0.2) is 4.79 Å². The quantitative estimate of drug-likeness (QED) is 0.577. The van der Waals surface area contributed by atoms with Gasteiger partial charge >= 0.3 is 6.09 Å². The molecule has 0 bridgehead atoms. The van der Waals surface area contributed by atoms with Crippen molar-refractivity contribution in [3.63, 3.8) is 0 Å². The number of anilines is 2. The summed E-state index contributed by atoms with van der Waals surface area (Å²) in [5, 5.41) is 5.88. The molecule has 5 heteroatoms. The van der Waals surface area contributed by atoms with E-state index < -0.39 is 11.7 Å². The molecule has 0 saturated heterocycles. The van der Waals surface area contributed by atoms with E-state index in [2.05, 4.69) is 10.6 Å². The molecule has 0 spiro atoms. The number of alkyl carbamates (subject to hydrolysis) is 1. The van der Waals surface area contributed by atoms with Crippen molar-refractivity contribution in [3.8, 4) is 0 Å². The maximum atomic E-state index is 11.4. The van der Waals surface area contributed by atoms with E-state index in [1.165, 1.54) is 0 Å². The predicted octanol–water partition coefficient (Wildman–Crippen LogP) is 2.51. The fourth-order valence-corrected chi connectivity index (χ4v) is 1.60. The number of ether oxygens (including phenoxy) is 1. The van der Waals surface area contributed by atoms with Crippen LogP contribution < -0.4 is 16.4 Å². The van der Waals surface area contributed by atoms with Gasteiger partial charge in [-0.15, -0.1) is 0 Å². The topological polar surface area (TPSA) is 76.4 Å². The van der Waals surface area contributed by atoms with E-state index in [0.717, 1.165) is 16.9 Å². The van der Waals surface area contributed by atoms with E-state index in [1.807, 2.05) is 45.9 Å². The highest BCUT2D eigenvalue weighted by Gasteiger charge is 2.15. The summed E-state index contributed by atoms with van der Waals surface area (Å²) < 4.78 is 5.13. The predicted molar refractivity (Wildman–Crippen MR) is 78.3 cm³/mol. The third-order valence-electron chi connectivity index (χ3n) is 2.22. The molecule has 0 aliphatic rings. The number of benzene rings is 1. The Morgan fingerprint density at radius 3 is 2.53 bits per heavy atom. The summed E-state index contributed by atoms with van der Waals surface area (Å²) in [5.74, 6) is 0. The van der Waals surface area contributed by atoms with Crippen molar-refractivity contribution >= 4 is 17.5 Å². The molecule has 0 atom stereocenters. The third kappa shape index (κ3) is 6.55. The summed E-state index contributed by atoms with van der Waals surface area (Å²) in [5.41, 5.74) is 8.05. The molecule has 0 aliphatic carbocycles. The first-order chi connectivity index (χ1) is 8.76. The molecule has 19 heavy (non-hydrogen) atoms. The van der Waals surface area contributed by atoms with Crippen molar-refractivity contribution in [1.82, 2.24) is 5.32 Å². The molecular formula is C14H23N3O2. The van der Waals surface area contributed by atoms with Gasteiger partial charge in [0.15, 0.2) is 0 Å². The number of amides is 1. The molecular weight excluding hydrogens is 242 g/mol. The van der Waals surface area contributed by atoms with Crippen LogP contribution in [0.15, 0.2) is 18.2 Å². The van der Waals surface area contributed by atoms with Gasteiger partial charge in [0, 0.05) is 24.5 Å². The van der Waals surface area contributed by atoms with Gasteiger partial charge in [-0.1, -0.05) is 0 Å². The number of rotatable bonds is 4. The summed E-state index contributed by atoms with van der Waals surface area (Å²) in [4.78, 5) is 11.4. The molecule has 0 aromatic heterocycles. The maximum Gasteiger partial charge on any atom is 0.407 e. The first-order valence-electron chi connectivity index (χ1n) is 6.34. The molecule has 0 fully saturated rings. The Kier molecular flexibility index (Phi) is 5.03. The largest absolute Gasteiger partial charge is 0.444 e. The van der Waals surface area contributed by atoms with Crippen LogP contribution in [0.1, 0.15) is 26.3 Å². The van der Waals surface area contributed by atoms with E-state index in [-0.39, 0.29) is 0 Å². The van der Waals surface area contributed by atoms with Gasteiger partial charge in [0.1, 0.15) is 5.60 Å². The van der Waals surface area contributed by atoms with E-state index in [0.29, 0.717) is 13.1 Å². The van der Waals surface area contributed by atoms with Crippen molar-refractivity contribution in [2.24, 2.45) is 0 Å². The first kappa shape index (κ1) is 15.1. The lowest BCUT2D eigenvalue weighted by atomic mass is 10.2. The van der Waals surface area contributed by atoms with Crippen LogP contribution in [0.4, 0.5) is 16.2 Å². The molecule has 106 valence electrons. The van der Waals surface area contributed by atoms with E-state index >= 15 is 0 Å². The minimum absolute atomic E-state index is 0.405. The smallest absolute Gasteiger partial charge is 0.407 e. The van der Waals surface area contributed by atoms with Crippen LogP contribution in [-0.4, -0.2) is 24.8 Å². The highest BCUT2D eigenvalue weighted by Crippen LogP contribution is 2.15. The van der Waals surface area contributed by atoms with Crippen LogP contribution >= 0.6 is 0 Å². The second-order valence-electron chi connectivity index (χ2n) is 5.49. The third-order valence-corrected chi connectivity index (χ3v) is 2.22. The number of hydrogen-bond donors (Lipinski definition) is 3. The Morgan fingerprint density at radius 2 is 1.95 bits per heavy atom. The molecule has 1 rings (SSSR count). The summed E-state index contributed by atoms with van der Waals surface area (Å²) in [7, 11) is 0. The lowest BCUT2D eigenvalue weighted by Crippen LogP contribution is -2.35. The van der Waals surface area contributed by atoms with Gasteiger partial charge in [0.25, 0.3) is 0 Å². The molecule has 0 heterocycles. The number of nitrogens with one attached hydrogen (secondary N) is 2. The van der Waals surface area contributed by atoms with Crippen LogP contribution in [-0.2, 0) is 4.74 Å². The van der Waals surface area contributed by atoms with E-state index in [4.69, 9.17) is 10.5 Å². The summed E-state index contributed by atoms with van der Waals surface area (Å²) >= 11 is 0. The molecule has 1 amide bonds. The monoisotopic (exact) mass is 265 g/mol. The van der Waals surface area contributed by atoms with Crippen molar-refractivity contribution in [3.05, 3.63) is 23.8 Å². The number of aryl methyl sites for hydroxylation is 1. The Balaban J connectivity index is 2.29. The fourth-order valence-electron chi connectivity index (χ4n) is 1.60. The minimum atomic E-state index is -0.470. The van der Waals surface area contributed by atoms with Gasteiger partial charge < -0.3 is 21.1 Å². The average molecular weight is 265 g/mol. The van der Waals surface area contributed by atoms with Gasteiger partial charge in [-0.2, -0.15) is 0 Å². The van der Waals surface area contributed by atoms with E-state index in [9.17, 15) is 4.79 Å². The summed E-state index contributed by atoms with van der Waals surface area (Å²) in [6, 6.07) is 5.77. The zero-order valence-electron chi connectivity index (χ0n) is 12.0. The van der Waals surface area contributed by atoms with Gasteiger partial charge in [-0.3, -0.25) is 0 Å². The zero-order chi connectivity index (χ0) is 14.5. The van der Waals surface area contributed by atoms with Crippen molar-refractivity contribution in [2.75, 3.05) is 24.1 Å². The Morgan fingerprint density at radius 1 is 1.26 bits per heavy atom. The maximum absolute atomic E-state index is 11.4. The van der Waals surface area contributed by atoms with Crippen molar-refractivity contribution in [1.29, 1.82) is 0 Å².